The third-order valence-corrected chi connectivity index (χ3v) is 4.19. The van der Waals surface area contributed by atoms with E-state index in [-0.39, 0.29) is 6.04 Å². The zero-order chi connectivity index (χ0) is 12.3. The second-order valence-corrected chi connectivity index (χ2v) is 5.79. The lowest BCUT2D eigenvalue weighted by Crippen LogP contribution is -2.20. The molecule has 1 atom stereocenters. The predicted molar refractivity (Wildman–Crippen MR) is 72.2 cm³/mol. The highest BCUT2D eigenvalue weighted by Gasteiger charge is 2.24. The van der Waals surface area contributed by atoms with Crippen molar-refractivity contribution in [2.75, 3.05) is 12.0 Å². The molecular weight excluding hydrogens is 232 g/mol. The fourth-order valence-corrected chi connectivity index (χ4v) is 3.12. The van der Waals surface area contributed by atoms with Gasteiger partial charge in [0.1, 0.15) is 11.6 Å². The first-order valence-corrected chi connectivity index (χ1v) is 7.79. The Bertz CT molecular complexity index is 357. The summed E-state index contributed by atoms with van der Waals surface area (Å²) in [4.78, 5) is 0. The highest BCUT2D eigenvalue weighted by atomic mass is 32.2. The molecule has 0 aromatic carbocycles. The van der Waals surface area contributed by atoms with Crippen molar-refractivity contribution in [1.29, 1.82) is 0 Å². The molecule has 1 aliphatic carbocycles. The van der Waals surface area contributed by atoms with Gasteiger partial charge < -0.3 is 10.3 Å². The summed E-state index contributed by atoms with van der Waals surface area (Å²) >= 11 is 1.83. The van der Waals surface area contributed by atoms with Crippen molar-refractivity contribution < 1.29 is 0 Å². The van der Waals surface area contributed by atoms with Crippen LogP contribution in [0.1, 0.15) is 55.8 Å². The summed E-state index contributed by atoms with van der Waals surface area (Å²) < 4.78 is 2.29. The third kappa shape index (κ3) is 2.83. The number of nitrogens with two attached hydrogens (primary N) is 1. The average molecular weight is 254 g/mol. The summed E-state index contributed by atoms with van der Waals surface area (Å²) in [6.45, 7) is 2.04. The van der Waals surface area contributed by atoms with E-state index in [0.29, 0.717) is 6.04 Å². The fourth-order valence-electron chi connectivity index (χ4n) is 2.63. The van der Waals surface area contributed by atoms with Gasteiger partial charge in [-0.3, -0.25) is 0 Å². The van der Waals surface area contributed by atoms with Gasteiger partial charge in [-0.2, -0.15) is 11.8 Å². The van der Waals surface area contributed by atoms with Crippen molar-refractivity contribution in [3.63, 3.8) is 0 Å². The maximum absolute atomic E-state index is 6.23. The number of hydrogen-bond donors (Lipinski definition) is 1. The summed E-state index contributed by atoms with van der Waals surface area (Å²) in [5, 5.41) is 8.51. The van der Waals surface area contributed by atoms with E-state index in [0.717, 1.165) is 23.8 Å². The Labute approximate surface area is 107 Å². The number of aryl methyl sites for hydroxylation is 1. The van der Waals surface area contributed by atoms with Crippen LogP contribution in [0.5, 0.6) is 0 Å². The zero-order valence-corrected chi connectivity index (χ0v) is 11.5. The van der Waals surface area contributed by atoms with Crippen molar-refractivity contribution in [3.05, 3.63) is 11.6 Å². The van der Waals surface area contributed by atoms with Crippen molar-refractivity contribution in [2.24, 2.45) is 5.73 Å². The molecule has 1 heterocycles. The molecular formula is C12H22N4S. The van der Waals surface area contributed by atoms with Crippen LogP contribution in [0.3, 0.4) is 0 Å². The van der Waals surface area contributed by atoms with Crippen LogP contribution in [0.15, 0.2) is 0 Å². The first kappa shape index (κ1) is 12.9. The zero-order valence-electron chi connectivity index (χ0n) is 10.7. The molecule has 2 rings (SSSR count). The van der Waals surface area contributed by atoms with Gasteiger partial charge in [0.2, 0.25) is 0 Å². The maximum atomic E-state index is 6.23. The van der Waals surface area contributed by atoms with Crippen LogP contribution in [-0.2, 0) is 0 Å². The van der Waals surface area contributed by atoms with E-state index in [1.807, 2.05) is 18.7 Å². The minimum atomic E-state index is 0.0317. The second kappa shape index (κ2) is 5.87. The molecule has 1 aromatic rings. The monoisotopic (exact) mass is 254 g/mol. The molecule has 4 nitrogen and oxygen atoms in total. The Balaban J connectivity index is 2.16. The summed E-state index contributed by atoms with van der Waals surface area (Å²) in [6, 6.07) is 0.615. The summed E-state index contributed by atoms with van der Waals surface area (Å²) in [6.07, 6.45) is 8.23. The van der Waals surface area contributed by atoms with Gasteiger partial charge in [0.05, 0.1) is 6.04 Å². The molecule has 1 fully saturated rings. The van der Waals surface area contributed by atoms with Crippen LogP contribution in [0.2, 0.25) is 0 Å². The second-order valence-electron chi connectivity index (χ2n) is 4.80. The van der Waals surface area contributed by atoms with E-state index in [9.17, 15) is 0 Å². The Morgan fingerprint density at radius 2 is 2.12 bits per heavy atom. The number of hydrogen-bond acceptors (Lipinski definition) is 4. The molecule has 2 N–H and O–H groups in total. The maximum Gasteiger partial charge on any atom is 0.150 e. The summed E-state index contributed by atoms with van der Waals surface area (Å²) in [5.41, 5.74) is 6.23. The molecule has 0 bridgehead atoms. The first-order chi connectivity index (χ1) is 8.24. The topological polar surface area (TPSA) is 56.7 Å². The van der Waals surface area contributed by atoms with Crippen LogP contribution in [0.25, 0.3) is 0 Å². The van der Waals surface area contributed by atoms with Gasteiger partial charge >= 0.3 is 0 Å². The van der Waals surface area contributed by atoms with E-state index in [1.54, 1.807) is 0 Å². The van der Waals surface area contributed by atoms with E-state index in [2.05, 4.69) is 21.0 Å². The molecule has 1 aromatic heterocycles. The van der Waals surface area contributed by atoms with Crippen molar-refractivity contribution in [1.82, 2.24) is 14.8 Å². The fraction of sp³-hybridized carbons (Fsp3) is 0.833. The molecule has 0 aliphatic heterocycles. The molecule has 0 saturated heterocycles. The molecule has 96 valence electrons. The van der Waals surface area contributed by atoms with Crippen LogP contribution >= 0.6 is 11.8 Å². The molecule has 0 radical (unpaired) electrons. The van der Waals surface area contributed by atoms with E-state index < -0.39 is 0 Å². The van der Waals surface area contributed by atoms with E-state index in [1.165, 1.54) is 25.7 Å². The Kier molecular flexibility index (Phi) is 4.45. The lowest BCUT2D eigenvalue weighted by atomic mass is 10.2. The molecule has 1 saturated carbocycles. The van der Waals surface area contributed by atoms with E-state index >= 15 is 0 Å². The quantitative estimate of drug-likeness (QED) is 0.877. The molecule has 17 heavy (non-hydrogen) atoms. The SMILES string of the molecule is CSCC[C@@H](N)c1nnc(C)n1C1CCCC1. The lowest BCUT2D eigenvalue weighted by molar-refractivity contribution is 0.464. The van der Waals surface area contributed by atoms with Gasteiger partial charge in [-0.1, -0.05) is 12.8 Å². The van der Waals surface area contributed by atoms with Gasteiger partial charge in [0.15, 0.2) is 0 Å². The van der Waals surface area contributed by atoms with Gasteiger partial charge in [-0.15, -0.1) is 10.2 Å². The standard InChI is InChI=1S/C12H22N4S/c1-9-14-15-12(11(13)7-8-17-2)16(9)10-5-3-4-6-10/h10-11H,3-8,13H2,1-2H3/t11-/m1/s1. The Morgan fingerprint density at radius 1 is 1.41 bits per heavy atom. The minimum Gasteiger partial charge on any atom is -0.321 e. The van der Waals surface area contributed by atoms with Crippen LogP contribution < -0.4 is 5.73 Å². The minimum absolute atomic E-state index is 0.0317. The average Bonchev–Trinajstić information content (AvgIpc) is 2.94. The molecule has 0 unspecified atom stereocenters. The smallest absolute Gasteiger partial charge is 0.150 e. The first-order valence-electron chi connectivity index (χ1n) is 6.40. The van der Waals surface area contributed by atoms with Crippen molar-refractivity contribution in [2.45, 2.75) is 51.1 Å². The Hall–Kier alpha value is -0.550. The van der Waals surface area contributed by atoms with E-state index in [4.69, 9.17) is 5.73 Å². The highest BCUT2D eigenvalue weighted by Crippen LogP contribution is 2.32. The summed E-state index contributed by atoms with van der Waals surface area (Å²) in [5.74, 6) is 3.09. The molecule has 0 spiro atoms. The number of rotatable bonds is 5. The van der Waals surface area contributed by atoms with Gasteiger partial charge in [0.25, 0.3) is 0 Å². The number of thioether (sulfide) groups is 1. The number of nitrogens with zero attached hydrogens (tertiary/aromatic N) is 3. The van der Waals surface area contributed by atoms with Crippen molar-refractivity contribution >= 4 is 11.8 Å². The molecule has 0 amide bonds. The lowest BCUT2D eigenvalue weighted by Gasteiger charge is -2.19. The van der Waals surface area contributed by atoms with Gasteiger partial charge in [0, 0.05) is 6.04 Å². The largest absolute Gasteiger partial charge is 0.321 e. The van der Waals surface area contributed by atoms with Crippen LogP contribution in [0.4, 0.5) is 0 Å². The molecule has 1 aliphatic rings. The highest BCUT2D eigenvalue weighted by molar-refractivity contribution is 7.98. The molecule has 5 heteroatoms. The number of aromatic nitrogens is 3. The third-order valence-electron chi connectivity index (χ3n) is 3.55. The van der Waals surface area contributed by atoms with Gasteiger partial charge in [-0.05, 0) is 38.2 Å². The van der Waals surface area contributed by atoms with Crippen molar-refractivity contribution in [3.8, 4) is 0 Å². The predicted octanol–water partition coefficient (Wildman–Crippen LogP) is 2.45. The van der Waals surface area contributed by atoms with Gasteiger partial charge in [-0.25, -0.2) is 0 Å². The Morgan fingerprint density at radius 3 is 2.76 bits per heavy atom. The summed E-state index contributed by atoms with van der Waals surface area (Å²) in [7, 11) is 0. The normalized spacial score (nSPS) is 18.8. The van der Waals surface area contributed by atoms with Crippen LogP contribution in [-0.4, -0.2) is 26.8 Å². The van der Waals surface area contributed by atoms with Crippen LogP contribution in [0, 0.1) is 6.92 Å².